The topological polar surface area (TPSA) is 111 Å². The zero-order valence-corrected chi connectivity index (χ0v) is 11.7. The minimum atomic E-state index is -3.05. The first-order valence-electron chi connectivity index (χ1n) is 5.19. The van der Waals surface area contributed by atoms with Crippen LogP contribution < -0.4 is 11.1 Å². The molecule has 1 heterocycles. The van der Waals surface area contributed by atoms with Gasteiger partial charge in [0.15, 0.2) is 15.7 Å². The Labute approximate surface area is 109 Å². The normalized spacial score (nSPS) is 11.2. The van der Waals surface area contributed by atoms with E-state index in [9.17, 15) is 13.2 Å². The summed E-state index contributed by atoms with van der Waals surface area (Å²) in [4.78, 5) is 11.4. The molecule has 18 heavy (non-hydrogen) atoms. The molecule has 0 saturated carbocycles. The lowest BCUT2D eigenvalue weighted by molar-refractivity contribution is 0.0603. The fourth-order valence-corrected chi connectivity index (χ4v) is 2.62. The van der Waals surface area contributed by atoms with Crippen molar-refractivity contribution in [1.29, 1.82) is 0 Å². The highest BCUT2D eigenvalue weighted by atomic mass is 32.2. The molecular weight excluding hydrogens is 278 g/mol. The summed E-state index contributed by atoms with van der Waals surface area (Å²) in [7, 11) is -1.81. The number of nitrogens with one attached hydrogen (secondary N) is 1. The number of nitrogen functional groups attached to an aromatic ring is 1. The first kappa shape index (κ1) is 14.7. The fraction of sp³-hybridized carbons (Fsp3) is 0.556. The number of hydrogen-bond acceptors (Lipinski definition) is 8. The molecule has 1 aromatic rings. The van der Waals surface area contributed by atoms with Crippen LogP contribution in [0.5, 0.6) is 0 Å². The lowest BCUT2D eigenvalue weighted by Gasteiger charge is -2.05. The number of methoxy groups -OCH3 is 1. The predicted molar refractivity (Wildman–Crippen MR) is 70.7 cm³/mol. The van der Waals surface area contributed by atoms with E-state index in [1.54, 1.807) is 6.92 Å². The number of nitrogens with two attached hydrogens (primary N) is 1. The van der Waals surface area contributed by atoms with Crippen LogP contribution in [0.2, 0.25) is 0 Å². The van der Waals surface area contributed by atoms with Gasteiger partial charge in [0.25, 0.3) is 0 Å². The third kappa shape index (κ3) is 3.57. The maximum atomic E-state index is 11.4. The van der Waals surface area contributed by atoms with Gasteiger partial charge in [0.2, 0.25) is 0 Å². The number of carbonyl (C=O) groups excluding carboxylic acids is 1. The van der Waals surface area contributed by atoms with Crippen LogP contribution in [0.1, 0.15) is 17.3 Å². The quantitative estimate of drug-likeness (QED) is 0.728. The molecule has 0 aliphatic carbocycles. The zero-order valence-electron chi connectivity index (χ0n) is 10.1. The molecule has 3 N–H and O–H groups in total. The summed E-state index contributed by atoms with van der Waals surface area (Å²) in [6, 6.07) is 0. The Morgan fingerprint density at radius 3 is 2.78 bits per heavy atom. The van der Waals surface area contributed by atoms with Crippen molar-refractivity contribution in [2.24, 2.45) is 0 Å². The van der Waals surface area contributed by atoms with Crippen molar-refractivity contribution in [3.8, 4) is 0 Å². The van der Waals surface area contributed by atoms with E-state index in [1.165, 1.54) is 7.11 Å². The fourth-order valence-electron chi connectivity index (χ4n) is 1.19. The maximum Gasteiger partial charge on any atom is 0.344 e. The predicted octanol–water partition coefficient (Wildman–Crippen LogP) is 0.359. The highest BCUT2D eigenvalue weighted by molar-refractivity contribution is 7.91. The lowest BCUT2D eigenvalue weighted by Crippen LogP contribution is -2.18. The van der Waals surface area contributed by atoms with Crippen molar-refractivity contribution < 1.29 is 17.9 Å². The smallest absolute Gasteiger partial charge is 0.344 e. The van der Waals surface area contributed by atoms with Gasteiger partial charge in [-0.05, 0) is 11.5 Å². The Kier molecular flexibility index (Phi) is 4.91. The van der Waals surface area contributed by atoms with Crippen molar-refractivity contribution in [3.63, 3.8) is 0 Å². The molecule has 0 fully saturated rings. The van der Waals surface area contributed by atoms with Crippen LogP contribution in [0, 0.1) is 0 Å². The first-order chi connectivity index (χ1) is 8.41. The third-order valence-corrected chi connectivity index (χ3v) is 4.77. The number of aromatic nitrogens is 1. The SMILES string of the molecule is CCS(=O)(=O)CCNc1snc(N)c1C(=O)OC. The van der Waals surface area contributed by atoms with Gasteiger partial charge in [-0.15, -0.1) is 0 Å². The molecule has 7 nitrogen and oxygen atoms in total. The molecule has 102 valence electrons. The van der Waals surface area contributed by atoms with Crippen LogP contribution in [-0.4, -0.2) is 43.9 Å². The van der Waals surface area contributed by atoms with Gasteiger partial charge in [0.1, 0.15) is 10.6 Å². The van der Waals surface area contributed by atoms with Crippen molar-refractivity contribution >= 4 is 38.2 Å². The summed E-state index contributed by atoms with van der Waals surface area (Å²) in [6.45, 7) is 1.78. The lowest BCUT2D eigenvalue weighted by atomic mass is 10.3. The number of carbonyl (C=O) groups is 1. The van der Waals surface area contributed by atoms with E-state index in [2.05, 4.69) is 14.4 Å². The molecule has 1 rings (SSSR count). The molecule has 9 heteroatoms. The highest BCUT2D eigenvalue weighted by Gasteiger charge is 2.20. The van der Waals surface area contributed by atoms with Crippen molar-refractivity contribution in [2.75, 3.05) is 36.2 Å². The second-order valence-corrected chi connectivity index (χ2v) is 6.67. The number of esters is 1. The number of rotatable bonds is 6. The second-order valence-electron chi connectivity index (χ2n) is 3.43. The number of anilines is 2. The van der Waals surface area contributed by atoms with Crippen LogP contribution in [0.4, 0.5) is 10.8 Å². The van der Waals surface area contributed by atoms with Crippen LogP contribution in [-0.2, 0) is 14.6 Å². The van der Waals surface area contributed by atoms with Crippen molar-refractivity contribution in [2.45, 2.75) is 6.92 Å². The summed E-state index contributed by atoms with van der Waals surface area (Å²) in [6.07, 6.45) is 0. The average molecular weight is 293 g/mol. The molecule has 0 atom stereocenters. The first-order valence-corrected chi connectivity index (χ1v) is 7.78. The maximum absolute atomic E-state index is 11.4. The van der Waals surface area contributed by atoms with Crippen molar-refractivity contribution in [3.05, 3.63) is 5.56 Å². The van der Waals surface area contributed by atoms with Crippen molar-refractivity contribution in [1.82, 2.24) is 4.37 Å². The summed E-state index contributed by atoms with van der Waals surface area (Å²) in [5.41, 5.74) is 5.69. The van der Waals surface area contributed by atoms with Gasteiger partial charge in [-0.2, -0.15) is 4.37 Å². The number of hydrogen-bond donors (Lipinski definition) is 2. The van der Waals surface area contributed by atoms with Crippen LogP contribution >= 0.6 is 11.5 Å². The Morgan fingerprint density at radius 2 is 2.22 bits per heavy atom. The van der Waals surface area contributed by atoms with Gasteiger partial charge in [-0.1, -0.05) is 6.92 Å². The standard InChI is InChI=1S/C9H15N3O4S2/c1-3-18(14,15)5-4-11-8-6(9(13)16-2)7(10)12-17-8/h11H,3-5H2,1-2H3,(H2,10,12). The van der Waals surface area contributed by atoms with Gasteiger partial charge in [0.05, 0.1) is 12.9 Å². The number of sulfone groups is 1. The monoisotopic (exact) mass is 293 g/mol. The van der Waals surface area contributed by atoms with E-state index in [0.29, 0.717) is 5.00 Å². The molecule has 0 aromatic carbocycles. The second kappa shape index (κ2) is 6.01. The molecule has 0 amide bonds. The van der Waals surface area contributed by atoms with Gasteiger partial charge in [-0.25, -0.2) is 13.2 Å². The van der Waals surface area contributed by atoms with E-state index in [0.717, 1.165) is 11.5 Å². The molecule has 0 aliphatic rings. The molecule has 0 bridgehead atoms. The summed E-state index contributed by atoms with van der Waals surface area (Å²) >= 11 is 0.996. The third-order valence-electron chi connectivity index (χ3n) is 2.25. The molecule has 0 radical (unpaired) electrons. The number of ether oxygens (including phenoxy) is 1. The van der Waals surface area contributed by atoms with E-state index in [-0.39, 0.29) is 29.4 Å². The molecular formula is C9H15N3O4S2. The van der Waals surface area contributed by atoms with Crippen LogP contribution in [0.15, 0.2) is 0 Å². The summed E-state index contributed by atoms with van der Waals surface area (Å²) < 4.78 is 31.0. The Hall–Kier alpha value is -1.35. The minimum Gasteiger partial charge on any atom is -0.465 e. The van der Waals surface area contributed by atoms with Gasteiger partial charge >= 0.3 is 5.97 Å². The van der Waals surface area contributed by atoms with Gasteiger partial charge < -0.3 is 15.8 Å². The van der Waals surface area contributed by atoms with Crippen LogP contribution in [0.3, 0.4) is 0 Å². The summed E-state index contributed by atoms with van der Waals surface area (Å²) in [5.74, 6) is -0.444. The minimum absolute atomic E-state index is 0.0120. The molecule has 0 saturated heterocycles. The van der Waals surface area contributed by atoms with E-state index >= 15 is 0 Å². The van der Waals surface area contributed by atoms with Gasteiger partial charge in [0, 0.05) is 12.3 Å². The average Bonchev–Trinajstić information content (AvgIpc) is 2.69. The zero-order chi connectivity index (χ0) is 13.8. The van der Waals surface area contributed by atoms with Gasteiger partial charge in [-0.3, -0.25) is 0 Å². The van der Waals surface area contributed by atoms with E-state index in [1.807, 2.05) is 0 Å². The Bertz CT molecular complexity index is 524. The molecule has 0 aliphatic heterocycles. The van der Waals surface area contributed by atoms with E-state index < -0.39 is 15.8 Å². The Morgan fingerprint density at radius 1 is 1.56 bits per heavy atom. The summed E-state index contributed by atoms with van der Waals surface area (Å²) in [5, 5.41) is 3.26. The highest BCUT2D eigenvalue weighted by Crippen LogP contribution is 2.27. The molecule has 0 unspecified atom stereocenters. The van der Waals surface area contributed by atoms with E-state index in [4.69, 9.17) is 5.73 Å². The largest absolute Gasteiger partial charge is 0.465 e. The van der Waals surface area contributed by atoms with Crippen LogP contribution in [0.25, 0.3) is 0 Å². The number of nitrogens with zero attached hydrogens (tertiary/aromatic N) is 1. The Balaban J connectivity index is 2.72. The molecule has 0 spiro atoms. The molecule has 1 aromatic heterocycles.